The maximum Gasteiger partial charge on any atom is 0.155 e. The maximum absolute atomic E-state index is 5.99. The second kappa shape index (κ2) is 5.38. The molecule has 1 aromatic carbocycles. The second-order valence-electron chi connectivity index (χ2n) is 4.20. The molecule has 0 aliphatic carbocycles. The SMILES string of the molecule is Nc1n[nH]c(-c2cc(Br)ccc2Br)c1-c1ccccn1. The first kappa shape index (κ1) is 13.3. The van der Waals surface area contributed by atoms with Gasteiger partial charge in [0.15, 0.2) is 5.82 Å². The molecule has 0 saturated carbocycles. The van der Waals surface area contributed by atoms with Crippen LogP contribution in [-0.2, 0) is 0 Å². The summed E-state index contributed by atoms with van der Waals surface area (Å²) in [5, 5.41) is 7.11. The molecule has 0 radical (unpaired) electrons. The van der Waals surface area contributed by atoms with Gasteiger partial charge in [-0.15, -0.1) is 0 Å². The van der Waals surface area contributed by atoms with E-state index in [2.05, 4.69) is 47.0 Å². The number of rotatable bonds is 2. The molecular weight excluding hydrogens is 384 g/mol. The van der Waals surface area contributed by atoms with E-state index >= 15 is 0 Å². The molecule has 100 valence electrons. The molecular formula is C14H10Br2N4. The van der Waals surface area contributed by atoms with Gasteiger partial charge in [0.05, 0.1) is 17.0 Å². The number of H-pyrrole nitrogens is 1. The van der Waals surface area contributed by atoms with Crippen molar-refractivity contribution < 1.29 is 0 Å². The number of benzene rings is 1. The quantitative estimate of drug-likeness (QED) is 0.683. The van der Waals surface area contributed by atoms with Crippen molar-refractivity contribution in [3.05, 3.63) is 51.5 Å². The van der Waals surface area contributed by atoms with Crippen molar-refractivity contribution in [2.75, 3.05) is 5.73 Å². The number of nitrogens with two attached hydrogens (primary N) is 1. The van der Waals surface area contributed by atoms with E-state index in [9.17, 15) is 0 Å². The Balaban J connectivity index is 2.24. The molecule has 3 rings (SSSR count). The lowest BCUT2D eigenvalue weighted by Gasteiger charge is -2.06. The first-order chi connectivity index (χ1) is 9.66. The lowest BCUT2D eigenvalue weighted by Crippen LogP contribution is -1.91. The summed E-state index contributed by atoms with van der Waals surface area (Å²) in [6.07, 6.45) is 1.74. The van der Waals surface area contributed by atoms with Crippen LogP contribution < -0.4 is 5.73 Å². The van der Waals surface area contributed by atoms with Crippen molar-refractivity contribution in [3.63, 3.8) is 0 Å². The minimum Gasteiger partial charge on any atom is -0.382 e. The van der Waals surface area contributed by atoms with Crippen LogP contribution in [0.5, 0.6) is 0 Å². The summed E-state index contributed by atoms with van der Waals surface area (Å²) in [7, 11) is 0. The molecule has 0 unspecified atom stereocenters. The summed E-state index contributed by atoms with van der Waals surface area (Å²) in [5.41, 5.74) is 9.41. The van der Waals surface area contributed by atoms with Gasteiger partial charge >= 0.3 is 0 Å². The number of pyridine rings is 1. The van der Waals surface area contributed by atoms with E-state index in [0.717, 1.165) is 31.5 Å². The van der Waals surface area contributed by atoms with Gasteiger partial charge in [-0.3, -0.25) is 10.1 Å². The summed E-state index contributed by atoms with van der Waals surface area (Å²) in [5.74, 6) is 0.436. The van der Waals surface area contributed by atoms with Crippen LogP contribution in [0, 0.1) is 0 Å². The van der Waals surface area contributed by atoms with Gasteiger partial charge in [-0.25, -0.2) is 0 Å². The van der Waals surface area contributed by atoms with Gasteiger partial charge in [-0.2, -0.15) is 5.10 Å². The first-order valence-electron chi connectivity index (χ1n) is 5.87. The molecule has 2 heterocycles. The molecule has 0 saturated heterocycles. The molecule has 0 bridgehead atoms. The molecule has 0 fully saturated rings. The molecule has 0 atom stereocenters. The van der Waals surface area contributed by atoms with Gasteiger partial charge in [-0.05, 0) is 30.3 Å². The number of aromatic amines is 1. The summed E-state index contributed by atoms with van der Waals surface area (Å²) in [6, 6.07) is 11.6. The lowest BCUT2D eigenvalue weighted by atomic mass is 10.0. The number of nitrogens with zero attached hydrogens (tertiary/aromatic N) is 2. The average Bonchev–Trinajstić information content (AvgIpc) is 2.84. The zero-order valence-corrected chi connectivity index (χ0v) is 13.4. The molecule has 6 heteroatoms. The van der Waals surface area contributed by atoms with E-state index in [1.54, 1.807) is 6.20 Å². The average molecular weight is 394 g/mol. The van der Waals surface area contributed by atoms with Crippen LogP contribution in [0.1, 0.15) is 0 Å². The van der Waals surface area contributed by atoms with Crippen molar-refractivity contribution in [2.24, 2.45) is 0 Å². The summed E-state index contributed by atoms with van der Waals surface area (Å²) >= 11 is 7.03. The van der Waals surface area contributed by atoms with Crippen molar-refractivity contribution in [1.29, 1.82) is 0 Å². The number of halogens is 2. The third kappa shape index (κ3) is 2.36. The van der Waals surface area contributed by atoms with Crippen LogP contribution in [0.3, 0.4) is 0 Å². The highest BCUT2D eigenvalue weighted by Gasteiger charge is 2.17. The summed E-state index contributed by atoms with van der Waals surface area (Å²) < 4.78 is 1.94. The predicted molar refractivity (Wildman–Crippen MR) is 87.1 cm³/mol. The molecule has 3 aromatic rings. The van der Waals surface area contributed by atoms with Gasteiger partial charge in [0.25, 0.3) is 0 Å². The zero-order chi connectivity index (χ0) is 14.1. The van der Waals surface area contributed by atoms with E-state index in [0.29, 0.717) is 5.82 Å². The molecule has 4 nitrogen and oxygen atoms in total. The number of nitrogens with one attached hydrogen (secondary N) is 1. The second-order valence-corrected chi connectivity index (χ2v) is 5.97. The van der Waals surface area contributed by atoms with Gasteiger partial charge in [0, 0.05) is 20.7 Å². The predicted octanol–water partition coefficient (Wildman–Crippen LogP) is 4.25. The van der Waals surface area contributed by atoms with Crippen molar-refractivity contribution in [3.8, 4) is 22.5 Å². The highest BCUT2D eigenvalue weighted by Crippen LogP contribution is 2.38. The van der Waals surface area contributed by atoms with Crippen LogP contribution in [0.4, 0.5) is 5.82 Å². The zero-order valence-electron chi connectivity index (χ0n) is 10.3. The standard InChI is InChI=1S/C14H10Br2N4/c15-8-4-5-10(16)9(7-8)13-12(14(17)20-19-13)11-3-1-2-6-18-11/h1-7H,(H3,17,19,20). The minimum absolute atomic E-state index is 0.436. The smallest absolute Gasteiger partial charge is 0.155 e. The highest BCUT2D eigenvalue weighted by atomic mass is 79.9. The third-order valence-electron chi connectivity index (χ3n) is 2.91. The Bertz CT molecular complexity index is 753. The fraction of sp³-hybridized carbons (Fsp3) is 0. The van der Waals surface area contributed by atoms with Gasteiger partial charge in [-0.1, -0.05) is 37.9 Å². The molecule has 2 aromatic heterocycles. The van der Waals surface area contributed by atoms with Crippen LogP contribution in [0.25, 0.3) is 22.5 Å². The van der Waals surface area contributed by atoms with Crippen molar-refractivity contribution in [1.82, 2.24) is 15.2 Å². The lowest BCUT2D eigenvalue weighted by molar-refractivity contribution is 1.10. The molecule has 3 N–H and O–H groups in total. The Hall–Kier alpha value is -1.66. The maximum atomic E-state index is 5.99. The van der Waals surface area contributed by atoms with E-state index in [-0.39, 0.29) is 0 Å². The summed E-state index contributed by atoms with van der Waals surface area (Å²) in [6.45, 7) is 0. The molecule has 0 amide bonds. The number of anilines is 1. The molecule has 0 spiro atoms. The van der Waals surface area contributed by atoms with Crippen LogP contribution >= 0.6 is 31.9 Å². The van der Waals surface area contributed by atoms with Gasteiger partial charge in [0.1, 0.15) is 0 Å². The van der Waals surface area contributed by atoms with Crippen molar-refractivity contribution >= 4 is 37.7 Å². The Morgan fingerprint density at radius 1 is 1.10 bits per heavy atom. The minimum atomic E-state index is 0.436. The van der Waals surface area contributed by atoms with E-state index in [1.165, 1.54) is 0 Å². The highest BCUT2D eigenvalue weighted by molar-refractivity contribution is 9.11. The Morgan fingerprint density at radius 3 is 2.70 bits per heavy atom. The molecule has 0 aliphatic heterocycles. The van der Waals surface area contributed by atoms with Crippen molar-refractivity contribution in [2.45, 2.75) is 0 Å². The Kier molecular flexibility index (Phi) is 3.58. The number of hydrogen-bond donors (Lipinski definition) is 2. The van der Waals surface area contributed by atoms with E-state index in [4.69, 9.17) is 5.73 Å². The number of hydrogen-bond acceptors (Lipinski definition) is 3. The van der Waals surface area contributed by atoms with E-state index in [1.807, 2.05) is 36.4 Å². The van der Waals surface area contributed by atoms with Crippen LogP contribution in [-0.4, -0.2) is 15.2 Å². The topological polar surface area (TPSA) is 67.6 Å². The first-order valence-corrected chi connectivity index (χ1v) is 7.46. The molecule has 20 heavy (non-hydrogen) atoms. The number of nitrogen functional groups attached to an aromatic ring is 1. The normalized spacial score (nSPS) is 10.7. The van der Waals surface area contributed by atoms with E-state index < -0.39 is 0 Å². The monoisotopic (exact) mass is 392 g/mol. The number of aromatic nitrogens is 3. The third-order valence-corrected chi connectivity index (χ3v) is 4.10. The molecule has 0 aliphatic rings. The van der Waals surface area contributed by atoms with Crippen LogP contribution in [0.2, 0.25) is 0 Å². The fourth-order valence-corrected chi connectivity index (χ4v) is 2.82. The Morgan fingerprint density at radius 2 is 1.95 bits per heavy atom. The van der Waals surface area contributed by atoms with Crippen LogP contribution in [0.15, 0.2) is 51.5 Å². The summed E-state index contributed by atoms with van der Waals surface area (Å²) in [4.78, 5) is 4.35. The largest absolute Gasteiger partial charge is 0.382 e. The fourth-order valence-electron chi connectivity index (χ4n) is 2.01. The van der Waals surface area contributed by atoms with Gasteiger partial charge < -0.3 is 5.73 Å². The van der Waals surface area contributed by atoms with Gasteiger partial charge in [0.2, 0.25) is 0 Å². The Labute approximate surface area is 132 Å².